The molecule has 0 spiro atoms. The van der Waals surface area contributed by atoms with Crippen LogP contribution in [-0.2, 0) is 15.0 Å². The molecule has 6 heteroatoms. The standard InChI is InChI=1S/C15H17F2NO3/c1-18(8-5-13(19)20)14(21)15(6-2-7-15)11-4-3-10(16)9-12(11)17/h3-4,9H,2,5-8H2,1H3,(H,19,20). The van der Waals surface area contributed by atoms with E-state index in [1.165, 1.54) is 18.0 Å². The maximum Gasteiger partial charge on any atom is 0.305 e. The van der Waals surface area contributed by atoms with Crippen molar-refractivity contribution in [1.82, 2.24) is 4.90 Å². The van der Waals surface area contributed by atoms with Crippen molar-refractivity contribution in [3.05, 3.63) is 35.4 Å². The summed E-state index contributed by atoms with van der Waals surface area (Å²) in [5.74, 6) is -2.71. The van der Waals surface area contributed by atoms with Crippen LogP contribution < -0.4 is 0 Å². The predicted molar refractivity (Wildman–Crippen MR) is 71.8 cm³/mol. The van der Waals surface area contributed by atoms with Gasteiger partial charge in [0.15, 0.2) is 0 Å². The molecule has 0 heterocycles. The van der Waals surface area contributed by atoms with E-state index in [2.05, 4.69) is 0 Å². The third-order valence-electron chi connectivity index (χ3n) is 4.07. The number of likely N-dealkylation sites (N-methyl/N-ethyl adjacent to an activating group) is 1. The van der Waals surface area contributed by atoms with E-state index in [-0.39, 0.29) is 24.4 Å². The van der Waals surface area contributed by atoms with E-state index >= 15 is 0 Å². The van der Waals surface area contributed by atoms with Crippen molar-refractivity contribution in [2.75, 3.05) is 13.6 Å². The highest BCUT2D eigenvalue weighted by Crippen LogP contribution is 2.46. The minimum absolute atomic E-state index is 0.0682. The SMILES string of the molecule is CN(CCC(=O)O)C(=O)C1(c2ccc(F)cc2F)CCC1. The van der Waals surface area contributed by atoms with Crippen LogP contribution in [0.5, 0.6) is 0 Å². The van der Waals surface area contributed by atoms with Gasteiger partial charge in [-0.1, -0.05) is 12.5 Å². The number of carbonyl (C=O) groups is 2. The second-order valence-corrected chi connectivity index (χ2v) is 5.43. The zero-order chi connectivity index (χ0) is 15.6. The van der Waals surface area contributed by atoms with E-state index in [1.54, 1.807) is 0 Å². The summed E-state index contributed by atoms with van der Waals surface area (Å²) in [5, 5.41) is 8.67. The van der Waals surface area contributed by atoms with E-state index in [9.17, 15) is 18.4 Å². The third-order valence-corrected chi connectivity index (χ3v) is 4.07. The van der Waals surface area contributed by atoms with Gasteiger partial charge in [0, 0.05) is 25.2 Å². The molecular weight excluding hydrogens is 280 g/mol. The Morgan fingerprint density at radius 3 is 2.48 bits per heavy atom. The van der Waals surface area contributed by atoms with E-state index in [0.717, 1.165) is 18.6 Å². The normalized spacial score (nSPS) is 16.1. The lowest BCUT2D eigenvalue weighted by atomic mass is 9.63. The Morgan fingerprint density at radius 2 is 2.00 bits per heavy atom. The Morgan fingerprint density at radius 1 is 1.33 bits per heavy atom. The van der Waals surface area contributed by atoms with Crippen molar-refractivity contribution in [1.29, 1.82) is 0 Å². The van der Waals surface area contributed by atoms with Gasteiger partial charge in [-0.25, -0.2) is 8.78 Å². The third kappa shape index (κ3) is 2.89. The molecule has 21 heavy (non-hydrogen) atoms. The number of rotatable bonds is 5. The van der Waals surface area contributed by atoms with Crippen molar-refractivity contribution < 1.29 is 23.5 Å². The zero-order valence-corrected chi connectivity index (χ0v) is 11.7. The number of carboxylic acid groups (broad SMARTS) is 1. The van der Waals surface area contributed by atoms with Crippen LogP contribution >= 0.6 is 0 Å². The van der Waals surface area contributed by atoms with Gasteiger partial charge in [-0.15, -0.1) is 0 Å². The van der Waals surface area contributed by atoms with Gasteiger partial charge in [-0.2, -0.15) is 0 Å². The zero-order valence-electron chi connectivity index (χ0n) is 11.7. The van der Waals surface area contributed by atoms with E-state index in [4.69, 9.17) is 5.11 Å². The number of benzene rings is 1. The summed E-state index contributed by atoms with van der Waals surface area (Å²) in [6.07, 6.45) is 1.61. The molecule has 0 bridgehead atoms. The van der Waals surface area contributed by atoms with Crippen LogP contribution in [0.15, 0.2) is 18.2 Å². The fraction of sp³-hybridized carbons (Fsp3) is 0.467. The van der Waals surface area contributed by atoms with Crippen LogP contribution in [0.4, 0.5) is 8.78 Å². The smallest absolute Gasteiger partial charge is 0.305 e. The first-order valence-corrected chi connectivity index (χ1v) is 6.80. The summed E-state index contributed by atoms with van der Waals surface area (Å²) in [6.45, 7) is 0.0682. The number of amides is 1. The molecule has 0 radical (unpaired) electrons. The van der Waals surface area contributed by atoms with Gasteiger partial charge in [0.2, 0.25) is 5.91 Å². The highest BCUT2D eigenvalue weighted by molar-refractivity contribution is 5.89. The number of hydrogen-bond acceptors (Lipinski definition) is 2. The van der Waals surface area contributed by atoms with Crippen LogP contribution in [0, 0.1) is 11.6 Å². The molecule has 1 N–H and O–H groups in total. The Balaban J connectivity index is 2.24. The van der Waals surface area contributed by atoms with Crippen molar-refractivity contribution in [3.8, 4) is 0 Å². The van der Waals surface area contributed by atoms with Gasteiger partial charge in [0.25, 0.3) is 0 Å². The second kappa shape index (κ2) is 5.79. The summed E-state index contributed by atoms with van der Waals surface area (Å²) in [5.41, 5.74) is -0.785. The summed E-state index contributed by atoms with van der Waals surface area (Å²) in [6, 6.07) is 3.23. The molecule has 1 fully saturated rings. The van der Waals surface area contributed by atoms with E-state index in [0.29, 0.717) is 12.8 Å². The van der Waals surface area contributed by atoms with E-state index in [1.807, 2.05) is 0 Å². The monoisotopic (exact) mass is 297 g/mol. The number of halogens is 2. The number of carboxylic acids is 1. The molecular formula is C15H17F2NO3. The minimum atomic E-state index is -0.995. The quantitative estimate of drug-likeness (QED) is 0.907. The molecule has 0 aliphatic heterocycles. The Bertz CT molecular complexity index is 570. The highest BCUT2D eigenvalue weighted by Gasteiger charge is 2.48. The summed E-state index contributed by atoms with van der Waals surface area (Å²) in [4.78, 5) is 24.5. The fourth-order valence-corrected chi connectivity index (χ4v) is 2.74. The first-order chi connectivity index (χ1) is 9.86. The van der Waals surface area contributed by atoms with Crippen LogP contribution in [0.1, 0.15) is 31.2 Å². The number of carbonyl (C=O) groups excluding carboxylic acids is 1. The lowest BCUT2D eigenvalue weighted by Gasteiger charge is -2.43. The minimum Gasteiger partial charge on any atom is -0.481 e. The fourth-order valence-electron chi connectivity index (χ4n) is 2.74. The molecule has 0 atom stereocenters. The van der Waals surface area contributed by atoms with Crippen molar-refractivity contribution in [2.45, 2.75) is 31.1 Å². The molecule has 1 aromatic carbocycles. The molecule has 0 aromatic heterocycles. The molecule has 1 aliphatic rings. The van der Waals surface area contributed by atoms with Crippen molar-refractivity contribution in [3.63, 3.8) is 0 Å². The average molecular weight is 297 g/mol. The topological polar surface area (TPSA) is 57.6 Å². The van der Waals surface area contributed by atoms with Crippen LogP contribution in [-0.4, -0.2) is 35.5 Å². The molecule has 2 rings (SSSR count). The van der Waals surface area contributed by atoms with Gasteiger partial charge in [-0.3, -0.25) is 9.59 Å². The van der Waals surface area contributed by atoms with Crippen LogP contribution in [0.3, 0.4) is 0 Å². The number of hydrogen-bond donors (Lipinski definition) is 1. The molecule has 4 nitrogen and oxygen atoms in total. The Hall–Kier alpha value is -1.98. The Kier molecular flexibility index (Phi) is 4.25. The van der Waals surface area contributed by atoms with Crippen LogP contribution in [0.2, 0.25) is 0 Å². The average Bonchev–Trinajstić information content (AvgIpc) is 2.36. The first-order valence-electron chi connectivity index (χ1n) is 6.80. The highest BCUT2D eigenvalue weighted by atomic mass is 19.1. The maximum absolute atomic E-state index is 14.0. The lowest BCUT2D eigenvalue weighted by Crippen LogP contribution is -2.50. The van der Waals surface area contributed by atoms with Gasteiger partial charge < -0.3 is 10.0 Å². The van der Waals surface area contributed by atoms with Gasteiger partial charge >= 0.3 is 5.97 Å². The molecule has 1 aromatic rings. The summed E-state index contributed by atoms with van der Waals surface area (Å²) in [7, 11) is 1.51. The lowest BCUT2D eigenvalue weighted by molar-refractivity contribution is -0.141. The predicted octanol–water partition coefficient (Wildman–Crippen LogP) is 2.32. The van der Waals surface area contributed by atoms with Gasteiger partial charge in [-0.05, 0) is 18.9 Å². The van der Waals surface area contributed by atoms with Crippen molar-refractivity contribution in [2.24, 2.45) is 0 Å². The molecule has 1 saturated carbocycles. The molecule has 0 unspecified atom stereocenters. The number of aliphatic carboxylic acids is 1. The van der Waals surface area contributed by atoms with E-state index < -0.39 is 23.0 Å². The molecule has 1 aliphatic carbocycles. The van der Waals surface area contributed by atoms with Crippen molar-refractivity contribution >= 4 is 11.9 Å². The Labute approximate surface area is 121 Å². The molecule has 114 valence electrons. The number of nitrogens with zero attached hydrogens (tertiary/aromatic N) is 1. The summed E-state index contributed by atoms with van der Waals surface area (Å²) >= 11 is 0. The molecule has 0 saturated heterocycles. The molecule has 1 amide bonds. The summed E-state index contributed by atoms with van der Waals surface area (Å²) < 4.78 is 27.0. The van der Waals surface area contributed by atoms with Gasteiger partial charge in [0.05, 0.1) is 11.8 Å². The van der Waals surface area contributed by atoms with Crippen LogP contribution in [0.25, 0.3) is 0 Å². The second-order valence-electron chi connectivity index (χ2n) is 5.43. The maximum atomic E-state index is 14.0. The first kappa shape index (κ1) is 15.4. The van der Waals surface area contributed by atoms with Gasteiger partial charge in [0.1, 0.15) is 11.6 Å². The largest absolute Gasteiger partial charge is 0.481 e.